The monoisotopic (exact) mass is 497 g/mol. The third-order valence-corrected chi connectivity index (χ3v) is 7.16. The average Bonchev–Trinajstić information content (AvgIpc) is 3.29. The Bertz CT molecular complexity index is 1400. The van der Waals surface area contributed by atoms with Crippen molar-refractivity contribution in [2.24, 2.45) is 0 Å². The van der Waals surface area contributed by atoms with Crippen molar-refractivity contribution in [3.63, 3.8) is 0 Å². The van der Waals surface area contributed by atoms with E-state index in [9.17, 15) is 8.42 Å². The largest absolute Gasteiger partial charge is 0.481 e. The van der Waals surface area contributed by atoms with Crippen molar-refractivity contribution in [3.05, 3.63) is 65.0 Å². The summed E-state index contributed by atoms with van der Waals surface area (Å²) in [6.07, 6.45) is 0. The van der Waals surface area contributed by atoms with E-state index in [0.29, 0.717) is 10.8 Å². The molecule has 176 valence electrons. The number of nitrogens with one attached hydrogen (secondary N) is 2. The molecule has 4 rings (SSSR count). The van der Waals surface area contributed by atoms with E-state index < -0.39 is 10.0 Å². The molecule has 34 heavy (non-hydrogen) atoms. The molecule has 2 heterocycles. The molecule has 0 aliphatic rings. The van der Waals surface area contributed by atoms with Gasteiger partial charge in [-0.05, 0) is 55.3 Å². The van der Waals surface area contributed by atoms with Gasteiger partial charge in [-0.25, -0.2) is 13.4 Å². The van der Waals surface area contributed by atoms with Crippen LogP contribution in [0.2, 0.25) is 0 Å². The standard InChI is InChI=1S/C23H23N5O4S2/c1-14-5-6-16(11-15(14)2)19-13-33-23(25-19)24-17-7-9-18(10-8-17)34(29,30)28-20-12-21(31-3)27-22(26-20)32-4/h5-13H,1-4H3,(H,24,25)(H,26,27,28). The van der Waals surface area contributed by atoms with Crippen LogP contribution < -0.4 is 19.5 Å². The molecule has 0 unspecified atom stereocenters. The Morgan fingerprint density at radius 2 is 1.65 bits per heavy atom. The predicted octanol–water partition coefficient (Wildman–Crippen LogP) is 4.78. The highest BCUT2D eigenvalue weighted by Gasteiger charge is 2.17. The predicted molar refractivity (Wildman–Crippen MR) is 133 cm³/mol. The molecule has 9 nitrogen and oxygen atoms in total. The number of hydrogen-bond donors (Lipinski definition) is 2. The number of nitrogens with zero attached hydrogens (tertiary/aromatic N) is 3. The Morgan fingerprint density at radius 3 is 2.32 bits per heavy atom. The summed E-state index contributed by atoms with van der Waals surface area (Å²) >= 11 is 1.48. The topological polar surface area (TPSA) is 115 Å². The molecule has 0 amide bonds. The van der Waals surface area contributed by atoms with E-state index in [1.165, 1.54) is 54.9 Å². The Balaban J connectivity index is 1.48. The molecule has 4 aromatic rings. The number of thiazole rings is 1. The van der Waals surface area contributed by atoms with Gasteiger partial charge in [0.1, 0.15) is 0 Å². The van der Waals surface area contributed by atoms with E-state index in [1.807, 2.05) is 5.38 Å². The Labute approximate surface area is 201 Å². The molecule has 2 aromatic heterocycles. The van der Waals surface area contributed by atoms with Crippen molar-refractivity contribution >= 4 is 38.0 Å². The van der Waals surface area contributed by atoms with E-state index in [4.69, 9.17) is 9.47 Å². The van der Waals surface area contributed by atoms with Crippen LogP contribution >= 0.6 is 11.3 Å². The number of ether oxygens (including phenoxy) is 2. The minimum absolute atomic E-state index is 0.0137. The SMILES string of the molecule is COc1cc(NS(=O)(=O)c2ccc(Nc3nc(-c4ccc(C)c(C)c4)cs3)cc2)nc(OC)n1. The number of methoxy groups -OCH3 is 2. The number of hydrogen-bond acceptors (Lipinski definition) is 9. The summed E-state index contributed by atoms with van der Waals surface area (Å²) in [5, 5.41) is 5.91. The average molecular weight is 498 g/mol. The van der Waals surface area contributed by atoms with Crippen LogP contribution in [0.25, 0.3) is 11.3 Å². The zero-order valence-electron chi connectivity index (χ0n) is 19.0. The van der Waals surface area contributed by atoms with Crippen molar-refractivity contribution in [1.82, 2.24) is 15.0 Å². The lowest BCUT2D eigenvalue weighted by Crippen LogP contribution is -2.14. The fourth-order valence-electron chi connectivity index (χ4n) is 3.05. The lowest BCUT2D eigenvalue weighted by atomic mass is 10.1. The van der Waals surface area contributed by atoms with Crippen LogP contribution in [-0.2, 0) is 10.0 Å². The number of sulfonamides is 1. The van der Waals surface area contributed by atoms with Gasteiger partial charge in [-0.1, -0.05) is 12.1 Å². The Kier molecular flexibility index (Phi) is 6.66. The Morgan fingerprint density at radius 1 is 0.882 bits per heavy atom. The molecule has 0 bridgehead atoms. The first kappa shape index (κ1) is 23.5. The van der Waals surface area contributed by atoms with Crippen LogP contribution in [0, 0.1) is 13.8 Å². The Hall–Kier alpha value is -3.70. The van der Waals surface area contributed by atoms with Gasteiger partial charge in [0.15, 0.2) is 10.9 Å². The zero-order chi connectivity index (χ0) is 24.3. The third kappa shape index (κ3) is 5.26. The quantitative estimate of drug-likeness (QED) is 0.357. The van der Waals surface area contributed by atoms with Gasteiger partial charge in [0, 0.05) is 22.7 Å². The van der Waals surface area contributed by atoms with E-state index in [0.717, 1.165) is 11.3 Å². The van der Waals surface area contributed by atoms with Crippen LogP contribution in [0.5, 0.6) is 11.9 Å². The van der Waals surface area contributed by atoms with Gasteiger partial charge in [-0.3, -0.25) is 4.72 Å². The highest BCUT2D eigenvalue weighted by molar-refractivity contribution is 7.92. The van der Waals surface area contributed by atoms with Gasteiger partial charge in [-0.2, -0.15) is 9.97 Å². The number of aromatic nitrogens is 3. The van der Waals surface area contributed by atoms with Crippen molar-refractivity contribution < 1.29 is 17.9 Å². The molecule has 0 radical (unpaired) electrons. The molecule has 0 spiro atoms. The van der Waals surface area contributed by atoms with E-state index in [2.05, 4.69) is 57.0 Å². The molecular formula is C23H23N5O4S2. The summed E-state index contributed by atoms with van der Waals surface area (Å²) in [5.41, 5.74) is 5.10. The highest BCUT2D eigenvalue weighted by atomic mass is 32.2. The maximum absolute atomic E-state index is 12.8. The normalized spacial score (nSPS) is 11.2. The maximum atomic E-state index is 12.8. The molecular weight excluding hydrogens is 474 g/mol. The van der Waals surface area contributed by atoms with Gasteiger partial charge in [0.2, 0.25) is 5.88 Å². The van der Waals surface area contributed by atoms with Gasteiger partial charge >= 0.3 is 6.01 Å². The fraction of sp³-hybridized carbons (Fsp3) is 0.174. The number of anilines is 3. The van der Waals surface area contributed by atoms with Gasteiger partial charge in [-0.15, -0.1) is 11.3 Å². The van der Waals surface area contributed by atoms with Crippen LogP contribution in [0.4, 0.5) is 16.6 Å². The second-order valence-corrected chi connectivity index (χ2v) is 9.91. The summed E-state index contributed by atoms with van der Waals surface area (Å²) in [5.74, 6) is 0.209. The lowest BCUT2D eigenvalue weighted by molar-refractivity contribution is 0.353. The fourth-order valence-corrected chi connectivity index (χ4v) is 4.79. The first-order valence-electron chi connectivity index (χ1n) is 10.2. The van der Waals surface area contributed by atoms with Gasteiger partial charge in [0.25, 0.3) is 10.0 Å². The number of aryl methyl sites for hydroxylation is 2. The van der Waals surface area contributed by atoms with Gasteiger partial charge in [0.05, 0.1) is 24.8 Å². The molecule has 11 heteroatoms. The molecule has 0 fully saturated rings. The van der Waals surface area contributed by atoms with Crippen molar-refractivity contribution in [2.75, 3.05) is 24.3 Å². The highest BCUT2D eigenvalue weighted by Crippen LogP contribution is 2.29. The van der Waals surface area contributed by atoms with E-state index >= 15 is 0 Å². The first-order chi connectivity index (χ1) is 16.3. The molecule has 0 saturated carbocycles. The zero-order valence-corrected chi connectivity index (χ0v) is 20.6. The molecule has 2 N–H and O–H groups in total. The molecule has 2 aromatic carbocycles. The summed E-state index contributed by atoms with van der Waals surface area (Å²) in [4.78, 5) is 12.7. The van der Waals surface area contributed by atoms with Crippen molar-refractivity contribution in [1.29, 1.82) is 0 Å². The molecule has 0 aliphatic heterocycles. The van der Waals surface area contributed by atoms with E-state index in [-0.39, 0.29) is 22.6 Å². The first-order valence-corrected chi connectivity index (χ1v) is 12.5. The van der Waals surface area contributed by atoms with Crippen LogP contribution in [0.1, 0.15) is 11.1 Å². The summed E-state index contributed by atoms with van der Waals surface area (Å²) in [6, 6.07) is 13.9. The van der Waals surface area contributed by atoms with Crippen molar-refractivity contribution in [3.8, 4) is 23.1 Å². The molecule has 0 saturated heterocycles. The maximum Gasteiger partial charge on any atom is 0.321 e. The second kappa shape index (κ2) is 9.65. The third-order valence-electron chi connectivity index (χ3n) is 5.04. The summed E-state index contributed by atoms with van der Waals surface area (Å²) in [7, 11) is -1.09. The van der Waals surface area contributed by atoms with Crippen molar-refractivity contribution in [2.45, 2.75) is 18.7 Å². The summed E-state index contributed by atoms with van der Waals surface area (Å²) in [6.45, 7) is 4.15. The van der Waals surface area contributed by atoms with Crippen LogP contribution in [0.15, 0.2) is 58.8 Å². The molecule has 0 atom stereocenters. The second-order valence-electron chi connectivity index (χ2n) is 7.37. The smallest absolute Gasteiger partial charge is 0.321 e. The molecule has 0 aliphatic carbocycles. The van der Waals surface area contributed by atoms with Gasteiger partial charge < -0.3 is 14.8 Å². The van der Waals surface area contributed by atoms with Crippen LogP contribution in [0.3, 0.4) is 0 Å². The minimum atomic E-state index is -3.88. The number of rotatable bonds is 8. The summed E-state index contributed by atoms with van der Waals surface area (Å²) < 4.78 is 38.0. The minimum Gasteiger partial charge on any atom is -0.481 e. The number of benzene rings is 2. The lowest BCUT2D eigenvalue weighted by Gasteiger charge is -2.10. The van der Waals surface area contributed by atoms with E-state index in [1.54, 1.807) is 12.1 Å². The van der Waals surface area contributed by atoms with Crippen LogP contribution in [-0.4, -0.2) is 37.6 Å².